The van der Waals surface area contributed by atoms with Crippen LogP contribution >= 0.6 is 0 Å². The van der Waals surface area contributed by atoms with Crippen LogP contribution in [0.15, 0.2) is 18.2 Å². The van der Waals surface area contributed by atoms with Gasteiger partial charge in [-0.15, -0.1) is 0 Å². The van der Waals surface area contributed by atoms with Gasteiger partial charge >= 0.3 is 0 Å². The molecule has 6 heteroatoms. The maximum absolute atomic E-state index is 13.8. The number of hydrogen-bond donors (Lipinski definition) is 1. The van der Waals surface area contributed by atoms with Gasteiger partial charge in [0, 0.05) is 38.5 Å². The molecule has 0 amide bonds. The Morgan fingerprint density at radius 1 is 1.37 bits per heavy atom. The summed E-state index contributed by atoms with van der Waals surface area (Å²) in [6, 6.07) is 4.48. The van der Waals surface area contributed by atoms with E-state index in [2.05, 4.69) is 5.32 Å². The highest BCUT2D eigenvalue weighted by atomic mass is 19.3. The molecule has 0 aliphatic rings. The third kappa shape index (κ3) is 5.08. The largest absolute Gasteiger partial charge is 0.383 e. The molecule has 108 valence electrons. The number of benzene rings is 1. The number of nitrogens with one attached hydrogen (secondary N) is 1. The van der Waals surface area contributed by atoms with Crippen LogP contribution in [0.25, 0.3) is 0 Å². The molecule has 19 heavy (non-hydrogen) atoms. The SMILES string of the molecule is COCCNCc1c(F)cccc1N(C)CC(F)F. The second kappa shape index (κ2) is 8.01. The van der Waals surface area contributed by atoms with E-state index in [1.54, 1.807) is 13.2 Å². The van der Waals surface area contributed by atoms with Crippen molar-refractivity contribution >= 4 is 5.69 Å². The molecule has 0 unspecified atom stereocenters. The van der Waals surface area contributed by atoms with Gasteiger partial charge in [0.2, 0.25) is 0 Å². The fourth-order valence-electron chi connectivity index (χ4n) is 1.77. The Morgan fingerprint density at radius 2 is 2.11 bits per heavy atom. The molecule has 0 saturated heterocycles. The first kappa shape index (κ1) is 15.8. The summed E-state index contributed by atoms with van der Waals surface area (Å²) in [4.78, 5) is 1.36. The number of rotatable bonds is 8. The van der Waals surface area contributed by atoms with Crippen molar-refractivity contribution in [2.24, 2.45) is 0 Å². The summed E-state index contributed by atoms with van der Waals surface area (Å²) in [5.74, 6) is -0.400. The highest BCUT2D eigenvalue weighted by molar-refractivity contribution is 5.53. The lowest BCUT2D eigenvalue weighted by atomic mass is 10.1. The molecule has 1 rings (SSSR count). The van der Waals surface area contributed by atoms with Crippen molar-refractivity contribution in [1.29, 1.82) is 0 Å². The van der Waals surface area contributed by atoms with E-state index in [0.717, 1.165) is 0 Å². The number of halogens is 3. The van der Waals surface area contributed by atoms with Crippen LogP contribution < -0.4 is 10.2 Å². The molecule has 0 radical (unpaired) electrons. The molecule has 0 bridgehead atoms. The zero-order chi connectivity index (χ0) is 14.3. The molecular formula is C13H19F3N2O. The molecule has 0 heterocycles. The van der Waals surface area contributed by atoms with Crippen molar-refractivity contribution in [1.82, 2.24) is 5.32 Å². The van der Waals surface area contributed by atoms with Crippen molar-refractivity contribution in [3.05, 3.63) is 29.6 Å². The van der Waals surface area contributed by atoms with Gasteiger partial charge in [-0.05, 0) is 12.1 Å². The summed E-state index contributed by atoms with van der Waals surface area (Å²) >= 11 is 0. The zero-order valence-corrected chi connectivity index (χ0v) is 11.1. The van der Waals surface area contributed by atoms with Gasteiger partial charge in [0.25, 0.3) is 6.43 Å². The number of alkyl halides is 2. The number of ether oxygens (including phenoxy) is 1. The summed E-state index contributed by atoms with van der Waals surface area (Å²) in [6.07, 6.45) is -2.46. The first-order valence-corrected chi connectivity index (χ1v) is 6.02. The van der Waals surface area contributed by atoms with Crippen LogP contribution in [0.4, 0.5) is 18.9 Å². The quantitative estimate of drug-likeness (QED) is 0.737. The Balaban J connectivity index is 2.76. The van der Waals surface area contributed by atoms with Crippen LogP contribution in [0.5, 0.6) is 0 Å². The highest BCUT2D eigenvalue weighted by Gasteiger charge is 2.14. The Kier molecular flexibility index (Phi) is 6.66. The number of anilines is 1. The first-order chi connectivity index (χ1) is 9.06. The van der Waals surface area contributed by atoms with Crippen molar-refractivity contribution in [3.63, 3.8) is 0 Å². The summed E-state index contributed by atoms with van der Waals surface area (Å²) in [7, 11) is 3.10. The predicted octanol–water partition coefficient (Wildman–Crippen LogP) is 2.26. The number of methoxy groups -OCH3 is 1. The molecule has 0 aliphatic carbocycles. The average molecular weight is 276 g/mol. The van der Waals surface area contributed by atoms with Crippen molar-refractivity contribution in [2.75, 3.05) is 38.8 Å². The minimum absolute atomic E-state index is 0.277. The second-order valence-electron chi connectivity index (χ2n) is 4.18. The zero-order valence-electron chi connectivity index (χ0n) is 11.1. The van der Waals surface area contributed by atoms with Crippen molar-refractivity contribution in [2.45, 2.75) is 13.0 Å². The van der Waals surface area contributed by atoms with Crippen LogP contribution in [0.3, 0.4) is 0 Å². The lowest BCUT2D eigenvalue weighted by Crippen LogP contribution is -2.27. The standard InChI is InChI=1S/C13H19F3N2O/c1-18(9-13(15)16)12-5-3-4-11(14)10(12)8-17-6-7-19-2/h3-5,13,17H,6-9H2,1-2H3. The predicted molar refractivity (Wildman–Crippen MR) is 69.3 cm³/mol. The molecule has 1 aromatic carbocycles. The summed E-state index contributed by atoms with van der Waals surface area (Å²) in [5, 5.41) is 3.01. The summed E-state index contributed by atoms with van der Waals surface area (Å²) in [6.45, 7) is 0.937. The van der Waals surface area contributed by atoms with E-state index < -0.39 is 18.8 Å². The van der Waals surface area contributed by atoms with Gasteiger partial charge < -0.3 is 15.0 Å². The van der Waals surface area contributed by atoms with Gasteiger partial charge in [0.05, 0.1) is 13.2 Å². The number of nitrogens with zero attached hydrogens (tertiary/aromatic N) is 1. The van der Waals surface area contributed by atoms with Gasteiger partial charge in [-0.25, -0.2) is 13.2 Å². The minimum atomic E-state index is -2.46. The van der Waals surface area contributed by atoms with Gasteiger partial charge in [-0.2, -0.15) is 0 Å². The van der Waals surface area contributed by atoms with Crippen LogP contribution in [-0.2, 0) is 11.3 Å². The minimum Gasteiger partial charge on any atom is -0.383 e. The van der Waals surface area contributed by atoms with Crippen LogP contribution in [-0.4, -0.2) is 40.3 Å². The average Bonchev–Trinajstić information content (AvgIpc) is 2.35. The smallest absolute Gasteiger partial charge is 0.255 e. The van der Waals surface area contributed by atoms with E-state index in [9.17, 15) is 13.2 Å². The third-order valence-corrected chi connectivity index (χ3v) is 2.70. The fourth-order valence-corrected chi connectivity index (χ4v) is 1.77. The molecule has 0 spiro atoms. The molecule has 1 N–H and O–H groups in total. The van der Waals surface area contributed by atoms with E-state index in [4.69, 9.17) is 4.74 Å². The van der Waals surface area contributed by atoms with E-state index >= 15 is 0 Å². The van der Waals surface area contributed by atoms with Crippen LogP contribution in [0, 0.1) is 5.82 Å². The lowest BCUT2D eigenvalue weighted by molar-refractivity contribution is 0.156. The molecule has 1 aromatic rings. The molecule has 0 atom stereocenters. The molecule has 3 nitrogen and oxygen atoms in total. The molecular weight excluding hydrogens is 257 g/mol. The molecule has 0 fully saturated rings. The maximum Gasteiger partial charge on any atom is 0.255 e. The topological polar surface area (TPSA) is 24.5 Å². The maximum atomic E-state index is 13.8. The summed E-state index contributed by atoms with van der Waals surface area (Å²) in [5.41, 5.74) is 0.868. The van der Waals surface area contributed by atoms with E-state index in [1.807, 2.05) is 0 Å². The summed E-state index contributed by atoms with van der Waals surface area (Å²) < 4.78 is 43.4. The Bertz CT molecular complexity index is 388. The van der Waals surface area contributed by atoms with Gasteiger partial charge in [-0.1, -0.05) is 6.07 Å². The normalized spacial score (nSPS) is 11.1. The van der Waals surface area contributed by atoms with Gasteiger partial charge in [-0.3, -0.25) is 0 Å². The Morgan fingerprint density at radius 3 is 2.74 bits per heavy atom. The van der Waals surface area contributed by atoms with E-state index in [1.165, 1.54) is 24.1 Å². The number of hydrogen-bond acceptors (Lipinski definition) is 3. The molecule has 0 aliphatic heterocycles. The van der Waals surface area contributed by atoms with E-state index in [0.29, 0.717) is 24.4 Å². The van der Waals surface area contributed by atoms with Gasteiger partial charge in [0.15, 0.2) is 0 Å². The first-order valence-electron chi connectivity index (χ1n) is 6.02. The van der Waals surface area contributed by atoms with Crippen molar-refractivity contribution < 1.29 is 17.9 Å². The highest BCUT2D eigenvalue weighted by Crippen LogP contribution is 2.22. The van der Waals surface area contributed by atoms with Gasteiger partial charge in [0.1, 0.15) is 5.82 Å². The Hall–Kier alpha value is -1.27. The fraction of sp³-hybridized carbons (Fsp3) is 0.538. The van der Waals surface area contributed by atoms with Crippen LogP contribution in [0.1, 0.15) is 5.56 Å². The Labute approximate surface area is 111 Å². The second-order valence-corrected chi connectivity index (χ2v) is 4.18. The van der Waals surface area contributed by atoms with Crippen molar-refractivity contribution in [3.8, 4) is 0 Å². The van der Waals surface area contributed by atoms with Crippen LogP contribution in [0.2, 0.25) is 0 Å². The molecule has 0 aromatic heterocycles. The molecule has 0 saturated carbocycles. The third-order valence-electron chi connectivity index (χ3n) is 2.70. The lowest BCUT2D eigenvalue weighted by Gasteiger charge is -2.22. The van der Waals surface area contributed by atoms with E-state index in [-0.39, 0.29) is 6.54 Å². The monoisotopic (exact) mass is 276 g/mol.